The van der Waals surface area contributed by atoms with Gasteiger partial charge in [0.1, 0.15) is 0 Å². The van der Waals surface area contributed by atoms with Crippen molar-refractivity contribution < 1.29 is 27.5 Å². The van der Waals surface area contributed by atoms with Crippen molar-refractivity contribution in [3.05, 3.63) is 57.5 Å². The van der Waals surface area contributed by atoms with Crippen molar-refractivity contribution >= 4 is 11.8 Å². The van der Waals surface area contributed by atoms with Gasteiger partial charge in [-0.05, 0) is 25.1 Å². The molecule has 1 aromatic heterocycles. The van der Waals surface area contributed by atoms with E-state index >= 15 is 0 Å². The van der Waals surface area contributed by atoms with Gasteiger partial charge in [-0.2, -0.15) is 18.3 Å². The van der Waals surface area contributed by atoms with Crippen molar-refractivity contribution in [1.82, 2.24) is 9.78 Å². The van der Waals surface area contributed by atoms with Crippen molar-refractivity contribution in [2.24, 2.45) is 5.41 Å². The molecule has 2 rings (SSSR count). The first-order chi connectivity index (χ1) is 12.8. The number of halogens is 3. The third kappa shape index (κ3) is 4.85. The molecule has 0 spiro atoms. The molecule has 0 atom stereocenters. The van der Waals surface area contributed by atoms with E-state index in [9.17, 15) is 27.6 Å². The minimum Gasteiger partial charge on any atom is -0.453 e. The summed E-state index contributed by atoms with van der Waals surface area (Å²) in [5.41, 5.74) is -2.76. The van der Waals surface area contributed by atoms with Gasteiger partial charge in [0.2, 0.25) is 11.1 Å². The van der Waals surface area contributed by atoms with E-state index in [0.717, 1.165) is 22.9 Å². The number of carbonyl (C=O) groups is 2. The summed E-state index contributed by atoms with van der Waals surface area (Å²) < 4.78 is 44.7. The number of rotatable bonds is 4. The van der Waals surface area contributed by atoms with Crippen LogP contribution in [-0.4, -0.2) is 28.1 Å². The third-order valence-electron chi connectivity index (χ3n) is 3.89. The van der Waals surface area contributed by atoms with Gasteiger partial charge in [-0.3, -0.25) is 9.59 Å². The number of esters is 1. The first kappa shape index (κ1) is 21.3. The van der Waals surface area contributed by atoms with E-state index in [1.807, 2.05) is 0 Å². The topological polar surface area (TPSA) is 78.3 Å². The number of ether oxygens (including phenoxy) is 1. The Bertz CT molecular complexity index is 972. The fourth-order valence-electron chi connectivity index (χ4n) is 2.18. The molecule has 0 unspecified atom stereocenters. The lowest BCUT2D eigenvalue weighted by molar-refractivity contribution is -0.137. The highest BCUT2D eigenvalue weighted by atomic mass is 19.4. The Labute approximate surface area is 158 Å². The van der Waals surface area contributed by atoms with Crippen LogP contribution in [0, 0.1) is 12.3 Å². The SMILES string of the molecule is Cc1cc(=O)c(C(=O)OCC(=O)C(C)(C)C)nn1-c1cccc(C(F)(F)F)c1. The number of hydrogen-bond acceptors (Lipinski definition) is 5. The quantitative estimate of drug-likeness (QED) is 0.741. The number of carbonyl (C=O) groups excluding carboxylic acids is 2. The molecule has 1 aromatic carbocycles. The number of ketones is 1. The molecule has 0 saturated carbocycles. The van der Waals surface area contributed by atoms with E-state index in [4.69, 9.17) is 4.74 Å². The van der Waals surface area contributed by atoms with E-state index < -0.39 is 40.9 Å². The summed E-state index contributed by atoms with van der Waals surface area (Å²) in [5.74, 6) is -1.48. The van der Waals surface area contributed by atoms with E-state index in [2.05, 4.69) is 5.10 Å². The average Bonchev–Trinajstić information content (AvgIpc) is 2.58. The van der Waals surface area contributed by atoms with Gasteiger partial charge < -0.3 is 4.74 Å². The summed E-state index contributed by atoms with van der Waals surface area (Å²) in [6.45, 7) is 5.86. The number of aryl methyl sites for hydroxylation is 1. The molecule has 6 nitrogen and oxygen atoms in total. The molecule has 0 N–H and O–H groups in total. The zero-order chi connectivity index (χ0) is 21.3. The summed E-state index contributed by atoms with van der Waals surface area (Å²) in [7, 11) is 0. The van der Waals surface area contributed by atoms with Crippen LogP contribution in [0.3, 0.4) is 0 Å². The Kier molecular flexibility index (Phi) is 5.77. The molecule has 28 heavy (non-hydrogen) atoms. The first-order valence-electron chi connectivity index (χ1n) is 8.30. The van der Waals surface area contributed by atoms with Gasteiger partial charge in [0.25, 0.3) is 0 Å². The van der Waals surface area contributed by atoms with Crippen molar-refractivity contribution in [3.8, 4) is 5.69 Å². The number of benzene rings is 1. The highest BCUT2D eigenvalue weighted by Crippen LogP contribution is 2.30. The molecule has 0 fully saturated rings. The molecule has 0 bridgehead atoms. The number of nitrogens with zero attached hydrogens (tertiary/aromatic N) is 2. The normalized spacial score (nSPS) is 12.0. The van der Waals surface area contributed by atoms with E-state index in [0.29, 0.717) is 0 Å². The lowest BCUT2D eigenvalue weighted by Gasteiger charge is -2.16. The second-order valence-electron chi connectivity index (χ2n) is 7.21. The Balaban J connectivity index is 2.39. The molecular weight excluding hydrogens is 377 g/mol. The van der Waals surface area contributed by atoms with Crippen LogP contribution in [-0.2, 0) is 15.7 Å². The lowest BCUT2D eigenvalue weighted by Crippen LogP contribution is -2.29. The summed E-state index contributed by atoms with van der Waals surface area (Å²) >= 11 is 0. The predicted molar refractivity (Wildman–Crippen MR) is 94.3 cm³/mol. The van der Waals surface area contributed by atoms with Crippen molar-refractivity contribution in [2.75, 3.05) is 6.61 Å². The zero-order valence-corrected chi connectivity index (χ0v) is 15.8. The standard InChI is InChI=1S/C19H19F3N2O4/c1-11-8-14(25)16(17(27)28-10-15(26)18(2,3)4)23-24(11)13-7-5-6-12(9-13)19(20,21)22/h5-9H,10H2,1-4H3. The van der Waals surface area contributed by atoms with Crippen LogP contribution >= 0.6 is 0 Å². The minimum absolute atomic E-state index is 0.0205. The maximum Gasteiger partial charge on any atom is 0.416 e. The number of Topliss-reactive ketones (excluding diaryl/α,β-unsaturated/α-hetero) is 1. The maximum atomic E-state index is 12.9. The number of alkyl halides is 3. The molecule has 0 amide bonds. The second kappa shape index (κ2) is 7.57. The largest absolute Gasteiger partial charge is 0.453 e. The Morgan fingerprint density at radius 1 is 1.14 bits per heavy atom. The van der Waals surface area contributed by atoms with Crippen molar-refractivity contribution in [3.63, 3.8) is 0 Å². The van der Waals surface area contributed by atoms with Gasteiger partial charge in [-0.1, -0.05) is 26.8 Å². The van der Waals surface area contributed by atoms with Gasteiger partial charge in [0.15, 0.2) is 12.4 Å². The maximum absolute atomic E-state index is 12.9. The Morgan fingerprint density at radius 2 is 1.79 bits per heavy atom. The van der Waals surface area contributed by atoms with Gasteiger partial charge >= 0.3 is 12.1 Å². The molecule has 0 aliphatic carbocycles. The van der Waals surface area contributed by atoms with E-state index in [1.165, 1.54) is 19.1 Å². The molecule has 0 radical (unpaired) electrons. The van der Waals surface area contributed by atoms with Crippen LogP contribution < -0.4 is 5.43 Å². The Morgan fingerprint density at radius 3 is 2.36 bits per heavy atom. The molecule has 2 aromatic rings. The van der Waals surface area contributed by atoms with Crippen LogP contribution in [0.4, 0.5) is 13.2 Å². The predicted octanol–water partition coefficient (Wildman–Crippen LogP) is 3.33. The summed E-state index contributed by atoms with van der Waals surface area (Å²) in [6, 6.07) is 5.36. The smallest absolute Gasteiger partial charge is 0.416 e. The number of hydrogen-bond donors (Lipinski definition) is 0. The van der Waals surface area contributed by atoms with Gasteiger partial charge in [-0.15, -0.1) is 0 Å². The van der Waals surface area contributed by atoms with Crippen LogP contribution in [0.1, 0.15) is 42.5 Å². The van der Waals surface area contributed by atoms with Crippen molar-refractivity contribution in [1.29, 1.82) is 0 Å². The van der Waals surface area contributed by atoms with Crippen LogP contribution in [0.15, 0.2) is 35.1 Å². The van der Waals surface area contributed by atoms with Crippen LogP contribution in [0.2, 0.25) is 0 Å². The zero-order valence-electron chi connectivity index (χ0n) is 15.8. The van der Waals surface area contributed by atoms with Crippen LogP contribution in [0.5, 0.6) is 0 Å². The van der Waals surface area contributed by atoms with Crippen LogP contribution in [0.25, 0.3) is 5.69 Å². The molecule has 150 valence electrons. The first-order valence-corrected chi connectivity index (χ1v) is 8.30. The van der Waals surface area contributed by atoms with E-state index in [-0.39, 0.29) is 17.2 Å². The van der Waals surface area contributed by atoms with Gasteiger partial charge in [0, 0.05) is 17.2 Å². The Hall–Kier alpha value is -2.97. The summed E-state index contributed by atoms with van der Waals surface area (Å²) in [5, 5.41) is 3.86. The van der Waals surface area contributed by atoms with Gasteiger partial charge in [0.05, 0.1) is 11.3 Å². The second-order valence-corrected chi connectivity index (χ2v) is 7.21. The molecule has 0 aliphatic heterocycles. The summed E-state index contributed by atoms with van der Waals surface area (Å²) in [6.07, 6.45) is -4.56. The highest BCUT2D eigenvalue weighted by Gasteiger charge is 2.31. The lowest BCUT2D eigenvalue weighted by atomic mass is 9.91. The molecule has 0 aliphatic rings. The molecule has 0 saturated heterocycles. The fourth-order valence-corrected chi connectivity index (χ4v) is 2.18. The fraction of sp³-hybridized carbons (Fsp3) is 0.368. The van der Waals surface area contributed by atoms with Crippen molar-refractivity contribution in [2.45, 2.75) is 33.9 Å². The molecule has 1 heterocycles. The van der Waals surface area contributed by atoms with Gasteiger partial charge in [-0.25, -0.2) is 9.48 Å². The average molecular weight is 396 g/mol. The molecule has 9 heteroatoms. The third-order valence-corrected chi connectivity index (χ3v) is 3.89. The summed E-state index contributed by atoms with van der Waals surface area (Å²) in [4.78, 5) is 36.2. The monoisotopic (exact) mass is 396 g/mol. The number of aromatic nitrogens is 2. The highest BCUT2D eigenvalue weighted by molar-refractivity contribution is 5.91. The molecular formula is C19H19F3N2O4. The van der Waals surface area contributed by atoms with E-state index in [1.54, 1.807) is 20.8 Å². The minimum atomic E-state index is -4.56.